The van der Waals surface area contributed by atoms with E-state index in [0.717, 1.165) is 27.1 Å². The maximum absolute atomic E-state index is 12.9. The lowest BCUT2D eigenvalue weighted by molar-refractivity contribution is -0.140. The van der Waals surface area contributed by atoms with Gasteiger partial charge in [-0.1, -0.05) is 23.8 Å². The van der Waals surface area contributed by atoms with Crippen LogP contribution in [0.5, 0.6) is 0 Å². The highest BCUT2D eigenvalue weighted by Gasteiger charge is 2.21. The molecule has 1 N–H and O–H groups in total. The fourth-order valence-electron chi connectivity index (χ4n) is 2.84. The van der Waals surface area contributed by atoms with Gasteiger partial charge in [-0.05, 0) is 38.8 Å². The molecule has 1 atom stereocenters. The Kier molecular flexibility index (Phi) is 4.01. The smallest absolute Gasteiger partial charge is 0.326 e. The normalized spacial score (nSPS) is 12.5. The third kappa shape index (κ3) is 2.53. The Morgan fingerprint density at radius 1 is 1.29 bits per heavy atom. The summed E-state index contributed by atoms with van der Waals surface area (Å²) in [5.74, 6) is -1.06. The molecule has 0 aliphatic heterocycles. The average molecular weight is 342 g/mol. The Morgan fingerprint density at radius 2 is 2.00 bits per heavy atom. The Bertz CT molecular complexity index is 1020. The second-order valence-electron chi connectivity index (χ2n) is 6.00. The van der Waals surface area contributed by atoms with Gasteiger partial charge in [0.25, 0.3) is 5.56 Å². The molecule has 0 saturated heterocycles. The SMILES string of the molecule is Cc1ccc(C)c(-c2c(C)sc3ncn(C(C)C(=O)O)c(=O)c23)c1. The van der Waals surface area contributed by atoms with E-state index >= 15 is 0 Å². The van der Waals surface area contributed by atoms with Crippen LogP contribution in [0.2, 0.25) is 0 Å². The summed E-state index contributed by atoms with van der Waals surface area (Å²) in [6.45, 7) is 7.46. The Labute approximate surface area is 143 Å². The standard InChI is InChI=1S/C18H18N2O3S/c1-9-5-6-10(2)13(7-9)14-12(4)24-16-15(14)17(21)20(8-19-16)11(3)18(22)23/h5-8,11H,1-4H3,(H,22,23). The minimum atomic E-state index is -1.06. The first-order valence-electron chi connectivity index (χ1n) is 7.62. The van der Waals surface area contributed by atoms with E-state index in [-0.39, 0.29) is 5.56 Å². The number of carboxylic acids is 1. The van der Waals surface area contributed by atoms with Crippen molar-refractivity contribution in [2.45, 2.75) is 33.7 Å². The molecule has 0 aliphatic rings. The molecule has 3 aromatic rings. The number of aryl methyl sites for hydroxylation is 3. The van der Waals surface area contributed by atoms with Crippen molar-refractivity contribution >= 4 is 27.5 Å². The number of thiophene rings is 1. The molecule has 0 spiro atoms. The molecule has 0 radical (unpaired) electrons. The van der Waals surface area contributed by atoms with Crippen molar-refractivity contribution in [3.8, 4) is 11.1 Å². The molecule has 0 aliphatic carbocycles. The van der Waals surface area contributed by atoms with Crippen LogP contribution in [0.25, 0.3) is 21.3 Å². The van der Waals surface area contributed by atoms with Crippen molar-refractivity contribution in [2.75, 3.05) is 0 Å². The van der Waals surface area contributed by atoms with Crippen molar-refractivity contribution in [1.29, 1.82) is 0 Å². The van der Waals surface area contributed by atoms with Crippen LogP contribution < -0.4 is 5.56 Å². The lowest BCUT2D eigenvalue weighted by atomic mass is 9.97. The number of benzene rings is 1. The summed E-state index contributed by atoms with van der Waals surface area (Å²) in [5.41, 5.74) is 3.73. The summed E-state index contributed by atoms with van der Waals surface area (Å²) in [5, 5.41) is 9.72. The minimum Gasteiger partial charge on any atom is -0.480 e. The zero-order valence-electron chi connectivity index (χ0n) is 14.0. The number of hydrogen-bond donors (Lipinski definition) is 1. The van der Waals surface area contributed by atoms with Gasteiger partial charge in [-0.2, -0.15) is 0 Å². The molecule has 0 amide bonds. The fourth-order valence-corrected chi connectivity index (χ4v) is 3.84. The van der Waals surface area contributed by atoms with Crippen molar-refractivity contribution in [2.24, 2.45) is 0 Å². The molecule has 0 fully saturated rings. The molecular formula is C18H18N2O3S. The van der Waals surface area contributed by atoms with Gasteiger partial charge in [0.2, 0.25) is 0 Å². The molecule has 6 heteroatoms. The van der Waals surface area contributed by atoms with Crippen molar-refractivity contribution in [3.05, 3.63) is 50.9 Å². The first-order chi connectivity index (χ1) is 11.3. The molecular weight excluding hydrogens is 324 g/mol. The second-order valence-corrected chi connectivity index (χ2v) is 7.21. The van der Waals surface area contributed by atoms with Crippen LogP contribution in [-0.4, -0.2) is 20.6 Å². The van der Waals surface area contributed by atoms with E-state index in [2.05, 4.69) is 11.1 Å². The third-order valence-electron chi connectivity index (χ3n) is 4.25. The summed E-state index contributed by atoms with van der Waals surface area (Å²) in [6.07, 6.45) is 1.33. The quantitative estimate of drug-likeness (QED) is 0.788. The van der Waals surface area contributed by atoms with E-state index < -0.39 is 12.0 Å². The number of aromatic nitrogens is 2. The van der Waals surface area contributed by atoms with E-state index in [9.17, 15) is 14.7 Å². The van der Waals surface area contributed by atoms with Crippen molar-refractivity contribution in [1.82, 2.24) is 9.55 Å². The molecule has 3 rings (SSSR count). The lowest BCUT2D eigenvalue weighted by Crippen LogP contribution is -2.28. The van der Waals surface area contributed by atoms with Gasteiger partial charge in [-0.3, -0.25) is 9.36 Å². The summed E-state index contributed by atoms with van der Waals surface area (Å²) in [7, 11) is 0. The van der Waals surface area contributed by atoms with Crippen LogP contribution in [0, 0.1) is 20.8 Å². The average Bonchev–Trinajstić information content (AvgIpc) is 2.86. The molecule has 0 saturated carbocycles. The molecule has 24 heavy (non-hydrogen) atoms. The Hall–Kier alpha value is -2.47. The van der Waals surface area contributed by atoms with Crippen LogP contribution in [0.1, 0.15) is 29.0 Å². The molecule has 2 aromatic heterocycles. The van der Waals surface area contributed by atoms with Crippen LogP contribution in [0.4, 0.5) is 0 Å². The number of carboxylic acid groups (broad SMARTS) is 1. The van der Waals surface area contributed by atoms with Gasteiger partial charge in [0.1, 0.15) is 10.9 Å². The predicted octanol–water partition coefficient (Wildman–Crippen LogP) is 3.70. The maximum atomic E-state index is 12.9. The van der Waals surface area contributed by atoms with E-state index in [1.54, 1.807) is 0 Å². The Morgan fingerprint density at radius 3 is 2.67 bits per heavy atom. The van der Waals surface area contributed by atoms with Gasteiger partial charge >= 0.3 is 5.97 Å². The molecule has 1 aromatic carbocycles. The number of fused-ring (bicyclic) bond motifs is 1. The second kappa shape index (κ2) is 5.87. The third-order valence-corrected chi connectivity index (χ3v) is 5.26. The highest BCUT2D eigenvalue weighted by Crippen LogP contribution is 2.37. The molecule has 1 unspecified atom stereocenters. The van der Waals surface area contributed by atoms with Gasteiger partial charge in [-0.15, -0.1) is 11.3 Å². The summed E-state index contributed by atoms with van der Waals surface area (Å²) < 4.78 is 1.19. The van der Waals surface area contributed by atoms with Crippen molar-refractivity contribution in [3.63, 3.8) is 0 Å². The van der Waals surface area contributed by atoms with E-state index in [4.69, 9.17) is 0 Å². The monoisotopic (exact) mass is 342 g/mol. The number of carbonyl (C=O) groups is 1. The molecule has 2 heterocycles. The van der Waals surface area contributed by atoms with E-state index in [0.29, 0.717) is 10.2 Å². The highest BCUT2D eigenvalue weighted by atomic mass is 32.1. The zero-order chi connectivity index (χ0) is 17.6. The van der Waals surface area contributed by atoms with Crippen LogP contribution >= 0.6 is 11.3 Å². The molecule has 5 nitrogen and oxygen atoms in total. The van der Waals surface area contributed by atoms with E-state index in [1.807, 2.05) is 32.9 Å². The topological polar surface area (TPSA) is 72.2 Å². The van der Waals surface area contributed by atoms with Crippen LogP contribution in [0.15, 0.2) is 29.3 Å². The number of rotatable bonds is 3. The first-order valence-corrected chi connectivity index (χ1v) is 8.43. The largest absolute Gasteiger partial charge is 0.480 e. The van der Waals surface area contributed by atoms with Crippen LogP contribution in [0.3, 0.4) is 0 Å². The van der Waals surface area contributed by atoms with Crippen molar-refractivity contribution < 1.29 is 9.90 Å². The molecule has 0 bridgehead atoms. The van der Waals surface area contributed by atoms with Gasteiger partial charge < -0.3 is 5.11 Å². The lowest BCUT2D eigenvalue weighted by Gasteiger charge is -2.11. The summed E-state index contributed by atoms with van der Waals surface area (Å²) in [6, 6.07) is 5.16. The number of nitrogens with zero attached hydrogens (tertiary/aromatic N) is 2. The van der Waals surface area contributed by atoms with Gasteiger partial charge in [0, 0.05) is 10.4 Å². The fraction of sp³-hybridized carbons (Fsp3) is 0.278. The van der Waals surface area contributed by atoms with Gasteiger partial charge in [0.15, 0.2) is 0 Å². The number of hydrogen-bond acceptors (Lipinski definition) is 4. The predicted molar refractivity (Wildman–Crippen MR) is 95.9 cm³/mol. The minimum absolute atomic E-state index is 0.310. The Balaban J connectivity index is 2.39. The highest BCUT2D eigenvalue weighted by molar-refractivity contribution is 7.19. The zero-order valence-corrected chi connectivity index (χ0v) is 14.8. The maximum Gasteiger partial charge on any atom is 0.326 e. The molecule has 124 valence electrons. The van der Waals surface area contributed by atoms with E-state index in [1.165, 1.54) is 29.2 Å². The first kappa shape index (κ1) is 16.4. The summed E-state index contributed by atoms with van der Waals surface area (Å²) in [4.78, 5) is 30.2. The van der Waals surface area contributed by atoms with Crippen LogP contribution in [-0.2, 0) is 4.79 Å². The number of aliphatic carboxylic acids is 1. The van der Waals surface area contributed by atoms with Gasteiger partial charge in [0.05, 0.1) is 11.7 Å². The summed E-state index contributed by atoms with van der Waals surface area (Å²) >= 11 is 1.46. The van der Waals surface area contributed by atoms with Gasteiger partial charge in [-0.25, -0.2) is 9.78 Å².